The van der Waals surface area contributed by atoms with E-state index in [1.807, 2.05) is 6.07 Å². The number of rotatable bonds is 5. The summed E-state index contributed by atoms with van der Waals surface area (Å²) in [6.07, 6.45) is 1.64. The molecule has 0 aliphatic heterocycles. The normalized spacial score (nSPS) is 10.7. The first kappa shape index (κ1) is 17.6. The molecule has 8 heteroatoms. The Morgan fingerprint density at radius 1 is 0.929 bits per heavy atom. The number of hydrogen-bond donors (Lipinski definition) is 0. The second kappa shape index (κ2) is 7.43. The van der Waals surface area contributed by atoms with E-state index in [2.05, 4.69) is 20.4 Å². The zero-order chi connectivity index (χ0) is 19.5. The fraction of sp³-hybridized carbons (Fsp3) is 0.100. The second-order valence-electron chi connectivity index (χ2n) is 5.85. The monoisotopic (exact) mass is 377 g/mol. The Balaban J connectivity index is 1.81. The van der Waals surface area contributed by atoms with E-state index < -0.39 is 5.82 Å². The summed E-state index contributed by atoms with van der Waals surface area (Å²) in [4.78, 5) is 5.46. The van der Waals surface area contributed by atoms with E-state index in [0.29, 0.717) is 39.8 Å². The standard InChI is InChI=1S/C20H16FN5O2/c1-27-17-7-5-8-18(28-2)19(17)13-10-14(21)12-15(11-13)26-24-20(23-25-26)16-6-3-4-9-22-16/h3-12H,1-2H3. The maximum atomic E-state index is 14.4. The van der Waals surface area contributed by atoms with Gasteiger partial charge in [0, 0.05) is 12.3 Å². The quantitative estimate of drug-likeness (QED) is 0.530. The van der Waals surface area contributed by atoms with Crippen molar-refractivity contribution in [3.05, 3.63) is 66.6 Å². The molecule has 4 rings (SSSR count). The van der Waals surface area contributed by atoms with E-state index in [1.54, 1.807) is 56.8 Å². The third-order valence-corrected chi connectivity index (χ3v) is 4.14. The number of aromatic nitrogens is 5. The average molecular weight is 377 g/mol. The molecular weight excluding hydrogens is 361 g/mol. The fourth-order valence-electron chi connectivity index (χ4n) is 2.89. The van der Waals surface area contributed by atoms with Gasteiger partial charge in [0.1, 0.15) is 23.0 Å². The number of pyridine rings is 1. The number of hydrogen-bond acceptors (Lipinski definition) is 6. The van der Waals surface area contributed by atoms with Gasteiger partial charge in [0.05, 0.1) is 25.5 Å². The minimum atomic E-state index is -0.447. The summed E-state index contributed by atoms with van der Waals surface area (Å²) in [6, 6.07) is 15.3. The summed E-state index contributed by atoms with van der Waals surface area (Å²) in [5.74, 6) is 1.03. The predicted molar refractivity (Wildman–Crippen MR) is 101 cm³/mol. The van der Waals surface area contributed by atoms with Crippen LogP contribution in [0.3, 0.4) is 0 Å². The molecule has 0 saturated heterocycles. The van der Waals surface area contributed by atoms with Crippen molar-refractivity contribution in [1.82, 2.24) is 25.2 Å². The second-order valence-corrected chi connectivity index (χ2v) is 5.85. The lowest BCUT2D eigenvalue weighted by molar-refractivity contribution is 0.397. The van der Waals surface area contributed by atoms with Crippen LogP contribution < -0.4 is 9.47 Å². The smallest absolute Gasteiger partial charge is 0.223 e. The van der Waals surface area contributed by atoms with Crippen molar-refractivity contribution < 1.29 is 13.9 Å². The van der Waals surface area contributed by atoms with Crippen molar-refractivity contribution in [2.45, 2.75) is 0 Å². The molecule has 0 amide bonds. The van der Waals surface area contributed by atoms with E-state index in [-0.39, 0.29) is 0 Å². The number of benzene rings is 2. The highest BCUT2D eigenvalue weighted by Gasteiger charge is 2.16. The molecule has 0 unspecified atom stereocenters. The van der Waals surface area contributed by atoms with Crippen molar-refractivity contribution in [2.24, 2.45) is 0 Å². The highest BCUT2D eigenvalue weighted by Crippen LogP contribution is 2.39. The number of nitrogens with zero attached hydrogens (tertiary/aromatic N) is 5. The Bertz CT molecular complexity index is 1090. The molecule has 0 aliphatic carbocycles. The van der Waals surface area contributed by atoms with Crippen molar-refractivity contribution in [3.63, 3.8) is 0 Å². The molecule has 0 N–H and O–H groups in total. The largest absolute Gasteiger partial charge is 0.496 e. The van der Waals surface area contributed by atoms with E-state index in [0.717, 1.165) is 0 Å². The van der Waals surface area contributed by atoms with Crippen LogP contribution in [0.4, 0.5) is 4.39 Å². The van der Waals surface area contributed by atoms with Crippen LogP contribution >= 0.6 is 0 Å². The van der Waals surface area contributed by atoms with Gasteiger partial charge in [-0.1, -0.05) is 12.1 Å². The highest BCUT2D eigenvalue weighted by atomic mass is 19.1. The molecule has 0 atom stereocenters. The van der Waals surface area contributed by atoms with Gasteiger partial charge < -0.3 is 9.47 Å². The average Bonchev–Trinajstić information content (AvgIpc) is 3.23. The first-order valence-corrected chi connectivity index (χ1v) is 8.43. The Kier molecular flexibility index (Phi) is 4.67. The lowest BCUT2D eigenvalue weighted by Crippen LogP contribution is -2.01. The van der Waals surface area contributed by atoms with Crippen LogP contribution in [0.25, 0.3) is 28.3 Å². The Morgan fingerprint density at radius 3 is 2.39 bits per heavy atom. The minimum absolute atomic E-state index is 0.348. The van der Waals surface area contributed by atoms with Gasteiger partial charge >= 0.3 is 0 Å². The maximum Gasteiger partial charge on any atom is 0.223 e. The van der Waals surface area contributed by atoms with Gasteiger partial charge in [-0.3, -0.25) is 4.98 Å². The molecule has 0 spiro atoms. The summed E-state index contributed by atoms with van der Waals surface area (Å²) in [6.45, 7) is 0. The van der Waals surface area contributed by atoms with Crippen LogP contribution in [0.5, 0.6) is 11.5 Å². The van der Waals surface area contributed by atoms with Crippen molar-refractivity contribution >= 4 is 0 Å². The lowest BCUT2D eigenvalue weighted by atomic mass is 10.0. The molecule has 2 aromatic carbocycles. The molecular formula is C20H16FN5O2. The number of methoxy groups -OCH3 is 2. The molecule has 0 aliphatic rings. The summed E-state index contributed by atoms with van der Waals surface area (Å²) in [5, 5.41) is 12.4. The van der Waals surface area contributed by atoms with Crippen molar-refractivity contribution in [1.29, 1.82) is 0 Å². The Hall–Kier alpha value is -3.81. The van der Waals surface area contributed by atoms with Gasteiger partial charge in [-0.25, -0.2) is 4.39 Å². The molecule has 2 aromatic heterocycles. The van der Waals surface area contributed by atoms with E-state index in [1.165, 1.54) is 16.9 Å². The SMILES string of the molecule is COc1cccc(OC)c1-c1cc(F)cc(-n2nnc(-c3ccccn3)n2)c1. The van der Waals surface area contributed by atoms with Gasteiger partial charge in [0.2, 0.25) is 5.82 Å². The Morgan fingerprint density at radius 2 is 1.71 bits per heavy atom. The van der Waals surface area contributed by atoms with Crippen molar-refractivity contribution in [3.8, 4) is 39.8 Å². The molecule has 140 valence electrons. The molecule has 28 heavy (non-hydrogen) atoms. The third-order valence-electron chi connectivity index (χ3n) is 4.14. The Labute approximate surface area is 160 Å². The van der Waals surface area contributed by atoms with Crippen LogP contribution in [0.15, 0.2) is 60.8 Å². The molecule has 7 nitrogen and oxygen atoms in total. The molecule has 2 heterocycles. The van der Waals surface area contributed by atoms with Gasteiger partial charge in [-0.2, -0.15) is 0 Å². The number of ether oxygens (including phenoxy) is 2. The molecule has 4 aromatic rings. The van der Waals surface area contributed by atoms with E-state index in [9.17, 15) is 4.39 Å². The van der Waals surface area contributed by atoms with Crippen molar-refractivity contribution in [2.75, 3.05) is 14.2 Å². The van der Waals surface area contributed by atoms with Gasteiger partial charge in [0.25, 0.3) is 0 Å². The van der Waals surface area contributed by atoms with Gasteiger partial charge in [-0.15, -0.1) is 15.0 Å². The third kappa shape index (κ3) is 3.27. The van der Waals surface area contributed by atoms with Crippen LogP contribution in [0, 0.1) is 5.82 Å². The number of tetrazole rings is 1. The molecule has 0 radical (unpaired) electrons. The number of halogens is 1. The zero-order valence-electron chi connectivity index (χ0n) is 15.2. The lowest BCUT2D eigenvalue weighted by Gasteiger charge is -2.14. The first-order valence-electron chi connectivity index (χ1n) is 8.43. The van der Waals surface area contributed by atoms with Crippen LogP contribution in [-0.2, 0) is 0 Å². The van der Waals surface area contributed by atoms with Gasteiger partial charge in [0.15, 0.2) is 0 Å². The van der Waals surface area contributed by atoms with Crippen LogP contribution in [0.1, 0.15) is 0 Å². The molecule has 0 fully saturated rings. The highest BCUT2D eigenvalue weighted by molar-refractivity contribution is 5.78. The molecule has 0 saturated carbocycles. The zero-order valence-corrected chi connectivity index (χ0v) is 15.2. The topological polar surface area (TPSA) is 75.0 Å². The predicted octanol–water partition coefficient (Wildman–Crippen LogP) is 3.55. The summed E-state index contributed by atoms with van der Waals surface area (Å²) in [5.41, 5.74) is 2.20. The van der Waals surface area contributed by atoms with E-state index in [4.69, 9.17) is 9.47 Å². The summed E-state index contributed by atoms with van der Waals surface area (Å²) in [7, 11) is 3.10. The van der Waals surface area contributed by atoms with Crippen LogP contribution in [0.2, 0.25) is 0 Å². The maximum absolute atomic E-state index is 14.4. The van der Waals surface area contributed by atoms with Gasteiger partial charge in [-0.05, 0) is 47.2 Å². The first-order chi connectivity index (χ1) is 13.7. The molecule has 0 bridgehead atoms. The minimum Gasteiger partial charge on any atom is -0.496 e. The fourth-order valence-corrected chi connectivity index (χ4v) is 2.89. The summed E-state index contributed by atoms with van der Waals surface area (Å²) >= 11 is 0. The summed E-state index contributed by atoms with van der Waals surface area (Å²) < 4.78 is 25.3. The van der Waals surface area contributed by atoms with Crippen LogP contribution in [-0.4, -0.2) is 39.4 Å². The van der Waals surface area contributed by atoms with E-state index >= 15 is 0 Å².